The number of alkyl halides is 2. The van der Waals surface area contributed by atoms with Crippen LogP contribution in [0.25, 0.3) is 0 Å². The van der Waals surface area contributed by atoms with Gasteiger partial charge in [-0.3, -0.25) is 4.79 Å². The van der Waals surface area contributed by atoms with E-state index in [1.54, 1.807) is 0 Å². The minimum absolute atomic E-state index is 0.132. The van der Waals surface area contributed by atoms with Gasteiger partial charge < -0.3 is 14.2 Å². The second kappa shape index (κ2) is 12.7. The molecule has 1 heterocycles. The Morgan fingerprint density at radius 3 is 2.45 bits per heavy atom. The van der Waals surface area contributed by atoms with E-state index in [9.17, 15) is 13.6 Å². The highest BCUT2D eigenvalue weighted by Crippen LogP contribution is 2.41. The summed E-state index contributed by atoms with van der Waals surface area (Å²) < 4.78 is 59.7. The number of carbonyl (C=O) groups is 1. The van der Waals surface area contributed by atoms with E-state index in [1.807, 2.05) is 0 Å². The number of benzene rings is 1. The van der Waals surface area contributed by atoms with Crippen LogP contribution in [0, 0.1) is 11.7 Å². The van der Waals surface area contributed by atoms with E-state index in [0.29, 0.717) is 31.4 Å². The summed E-state index contributed by atoms with van der Waals surface area (Å²) in [7, 11) is 0. The summed E-state index contributed by atoms with van der Waals surface area (Å²) in [5, 5.41) is 0. The molecule has 1 saturated carbocycles. The molecule has 2 unspecified atom stereocenters. The van der Waals surface area contributed by atoms with Crippen LogP contribution >= 0.6 is 0 Å². The molecular formula is C26H37F3O4. The lowest BCUT2D eigenvalue weighted by Gasteiger charge is -2.30. The molecule has 0 bridgehead atoms. The molecule has 1 aromatic carbocycles. The highest BCUT2D eigenvalue weighted by Gasteiger charge is 2.32. The number of hydrogen-bond acceptors (Lipinski definition) is 4. The molecular weight excluding hydrogens is 433 g/mol. The molecule has 2 fully saturated rings. The first-order chi connectivity index (χ1) is 15.9. The van der Waals surface area contributed by atoms with Crippen molar-refractivity contribution in [2.45, 2.75) is 103 Å². The molecule has 33 heavy (non-hydrogen) atoms. The van der Waals surface area contributed by atoms with Crippen molar-refractivity contribution in [2.24, 2.45) is 5.92 Å². The van der Waals surface area contributed by atoms with Crippen molar-refractivity contribution in [1.82, 2.24) is 0 Å². The molecule has 2 aliphatic rings. The van der Waals surface area contributed by atoms with Gasteiger partial charge in [0.15, 0.2) is 11.6 Å². The van der Waals surface area contributed by atoms with Gasteiger partial charge in [-0.1, -0.05) is 32.8 Å². The Kier molecular flexibility index (Phi) is 10.0. The Labute approximate surface area is 195 Å². The molecule has 0 N–H and O–H groups in total. The van der Waals surface area contributed by atoms with E-state index in [-0.39, 0.29) is 24.7 Å². The van der Waals surface area contributed by atoms with Gasteiger partial charge in [0.1, 0.15) is 0 Å². The fourth-order valence-electron chi connectivity index (χ4n) is 4.91. The molecule has 1 aliphatic carbocycles. The summed E-state index contributed by atoms with van der Waals surface area (Å²) in [6.07, 6.45) is 5.52. The molecule has 0 radical (unpaired) electrons. The number of unbranched alkanes of at least 4 members (excludes halogenated alkanes) is 1. The van der Waals surface area contributed by atoms with Crippen molar-refractivity contribution in [3.63, 3.8) is 0 Å². The van der Waals surface area contributed by atoms with Crippen molar-refractivity contribution in [3.05, 3.63) is 29.1 Å². The Hall–Kier alpha value is -1.60. The van der Waals surface area contributed by atoms with Crippen molar-refractivity contribution >= 4 is 5.97 Å². The second-order valence-corrected chi connectivity index (χ2v) is 9.32. The molecule has 0 amide bonds. The normalized spacial score (nSPS) is 25.9. The van der Waals surface area contributed by atoms with Gasteiger partial charge in [-0.15, -0.1) is 0 Å². The summed E-state index contributed by atoms with van der Waals surface area (Å²) in [5.41, 5.74) is -0.323. The van der Waals surface area contributed by atoms with Gasteiger partial charge in [-0.25, -0.2) is 13.2 Å². The minimum atomic E-state index is -2.98. The quantitative estimate of drug-likeness (QED) is 0.208. The van der Waals surface area contributed by atoms with Crippen molar-refractivity contribution in [3.8, 4) is 5.75 Å². The molecule has 0 aromatic heterocycles. The molecule has 186 valence electrons. The largest absolute Gasteiger partial charge is 0.423 e. The number of carbonyl (C=O) groups excluding carboxylic acids is 1. The van der Waals surface area contributed by atoms with Crippen LogP contribution in [0.15, 0.2) is 12.1 Å². The fraction of sp³-hybridized carbons (Fsp3) is 0.731. The number of halogens is 3. The standard InChI is InChI=1S/C26H37F3O4/c1-3-5-15-31-20-10-7-17(8-11-20)21-13-14-22(24(27)23(21)25(28)29)33-26(30)18-9-12-19(6-4-2)32-16-18/h13-14,17-20,25H,3-12,15-16H2,1-2H3. The highest BCUT2D eigenvalue weighted by molar-refractivity contribution is 5.75. The molecule has 1 aromatic rings. The van der Waals surface area contributed by atoms with Crippen LogP contribution in [0.3, 0.4) is 0 Å². The fourth-order valence-corrected chi connectivity index (χ4v) is 4.91. The third-order valence-corrected chi connectivity index (χ3v) is 6.89. The second-order valence-electron chi connectivity index (χ2n) is 9.32. The van der Waals surface area contributed by atoms with Gasteiger partial charge in [-0.05, 0) is 68.9 Å². The first-order valence-electron chi connectivity index (χ1n) is 12.5. The Bertz CT molecular complexity index is 754. The third-order valence-electron chi connectivity index (χ3n) is 6.89. The maximum Gasteiger partial charge on any atom is 0.316 e. The van der Waals surface area contributed by atoms with Crippen LogP contribution < -0.4 is 4.74 Å². The Morgan fingerprint density at radius 1 is 1.09 bits per heavy atom. The van der Waals surface area contributed by atoms with Gasteiger partial charge in [-0.2, -0.15) is 0 Å². The van der Waals surface area contributed by atoms with Crippen LogP contribution in [-0.2, 0) is 14.3 Å². The van der Waals surface area contributed by atoms with Gasteiger partial charge in [0.05, 0.1) is 30.3 Å². The minimum Gasteiger partial charge on any atom is -0.423 e. The molecule has 1 aliphatic heterocycles. The maximum absolute atomic E-state index is 15.1. The number of hydrogen-bond donors (Lipinski definition) is 0. The van der Waals surface area contributed by atoms with Crippen LogP contribution in [0.1, 0.15) is 102 Å². The van der Waals surface area contributed by atoms with E-state index in [1.165, 1.54) is 12.1 Å². The van der Waals surface area contributed by atoms with Crippen LogP contribution in [-0.4, -0.2) is 31.4 Å². The molecule has 0 spiro atoms. The van der Waals surface area contributed by atoms with Crippen LogP contribution in [0.5, 0.6) is 5.75 Å². The van der Waals surface area contributed by atoms with E-state index >= 15 is 4.39 Å². The molecule has 3 rings (SSSR count). The van der Waals surface area contributed by atoms with E-state index < -0.39 is 35.4 Å². The first-order valence-corrected chi connectivity index (χ1v) is 12.5. The van der Waals surface area contributed by atoms with E-state index in [2.05, 4.69) is 13.8 Å². The average molecular weight is 471 g/mol. The first kappa shape index (κ1) is 26.0. The molecule has 7 heteroatoms. The Balaban J connectivity index is 1.64. The molecule has 1 saturated heterocycles. The SMILES string of the molecule is CCCCOC1CCC(c2ccc(OC(=O)C3CCC(CCC)OC3)c(F)c2C(F)F)CC1. The summed E-state index contributed by atoms with van der Waals surface area (Å²) in [5.74, 6) is -2.83. The summed E-state index contributed by atoms with van der Waals surface area (Å²) >= 11 is 0. The van der Waals surface area contributed by atoms with Gasteiger partial charge in [0.2, 0.25) is 0 Å². The topological polar surface area (TPSA) is 44.8 Å². The zero-order valence-electron chi connectivity index (χ0n) is 19.8. The highest BCUT2D eigenvalue weighted by atomic mass is 19.3. The lowest BCUT2D eigenvalue weighted by atomic mass is 9.80. The van der Waals surface area contributed by atoms with Crippen LogP contribution in [0.4, 0.5) is 13.2 Å². The smallest absolute Gasteiger partial charge is 0.316 e. The van der Waals surface area contributed by atoms with Crippen LogP contribution in [0.2, 0.25) is 0 Å². The van der Waals surface area contributed by atoms with E-state index in [4.69, 9.17) is 14.2 Å². The van der Waals surface area contributed by atoms with Crippen molar-refractivity contribution in [1.29, 1.82) is 0 Å². The van der Waals surface area contributed by atoms with Gasteiger partial charge >= 0.3 is 5.97 Å². The lowest BCUT2D eigenvalue weighted by Crippen LogP contribution is -2.33. The maximum atomic E-state index is 15.1. The predicted molar refractivity (Wildman–Crippen MR) is 120 cm³/mol. The monoisotopic (exact) mass is 470 g/mol. The molecule has 4 nitrogen and oxygen atoms in total. The summed E-state index contributed by atoms with van der Waals surface area (Å²) in [4.78, 5) is 12.5. The summed E-state index contributed by atoms with van der Waals surface area (Å²) in [6.45, 7) is 5.11. The lowest BCUT2D eigenvalue weighted by molar-refractivity contribution is -0.145. The van der Waals surface area contributed by atoms with E-state index in [0.717, 1.165) is 44.9 Å². The number of rotatable bonds is 10. The number of esters is 1. The third kappa shape index (κ3) is 6.95. The van der Waals surface area contributed by atoms with Crippen molar-refractivity contribution < 1.29 is 32.2 Å². The average Bonchev–Trinajstić information content (AvgIpc) is 2.81. The Morgan fingerprint density at radius 2 is 1.85 bits per heavy atom. The van der Waals surface area contributed by atoms with Gasteiger partial charge in [0, 0.05) is 6.61 Å². The summed E-state index contributed by atoms with van der Waals surface area (Å²) in [6, 6.07) is 2.83. The predicted octanol–water partition coefficient (Wildman–Crippen LogP) is 7.11. The zero-order chi connectivity index (χ0) is 23.8. The molecule has 2 atom stereocenters. The van der Waals surface area contributed by atoms with Crippen molar-refractivity contribution in [2.75, 3.05) is 13.2 Å². The van der Waals surface area contributed by atoms with Gasteiger partial charge in [0.25, 0.3) is 6.43 Å². The number of ether oxygens (including phenoxy) is 3. The zero-order valence-corrected chi connectivity index (χ0v) is 19.8.